The van der Waals surface area contributed by atoms with Crippen LogP contribution in [0.25, 0.3) is 5.69 Å². The van der Waals surface area contributed by atoms with Crippen molar-refractivity contribution in [2.45, 2.75) is 13.3 Å². The smallest absolute Gasteiger partial charge is 0.156 e. The van der Waals surface area contributed by atoms with Gasteiger partial charge in [0.25, 0.3) is 0 Å². The van der Waals surface area contributed by atoms with Gasteiger partial charge in [-0.2, -0.15) is 4.68 Å². The minimum Gasteiger partial charge on any atom is -0.396 e. The van der Waals surface area contributed by atoms with Crippen LogP contribution < -0.4 is 5.73 Å². The van der Waals surface area contributed by atoms with Gasteiger partial charge in [0.15, 0.2) is 5.82 Å². The zero-order chi connectivity index (χ0) is 9.97. The van der Waals surface area contributed by atoms with Gasteiger partial charge in [-0.05, 0) is 16.5 Å². The van der Waals surface area contributed by atoms with Gasteiger partial charge in [-0.3, -0.25) is 4.98 Å². The minimum atomic E-state index is 0.564. The lowest BCUT2D eigenvalue weighted by Crippen LogP contribution is -2.05. The summed E-state index contributed by atoms with van der Waals surface area (Å²) in [4.78, 5) is 3.90. The Kier molecular flexibility index (Phi) is 2.10. The van der Waals surface area contributed by atoms with Gasteiger partial charge in [-0.15, -0.1) is 5.10 Å². The van der Waals surface area contributed by atoms with Crippen LogP contribution in [0.3, 0.4) is 0 Å². The molecule has 0 fully saturated rings. The lowest BCUT2D eigenvalue weighted by molar-refractivity contribution is 0.767. The van der Waals surface area contributed by atoms with Crippen molar-refractivity contribution >= 4 is 5.69 Å². The lowest BCUT2D eigenvalue weighted by atomic mass is 10.3. The number of pyridine rings is 1. The van der Waals surface area contributed by atoms with Crippen LogP contribution in [0, 0.1) is 0 Å². The monoisotopic (exact) mass is 190 g/mol. The summed E-state index contributed by atoms with van der Waals surface area (Å²) in [5, 5.41) is 11.3. The molecule has 2 rings (SSSR count). The number of nitrogens with zero attached hydrogens (tertiary/aromatic N) is 5. The second-order valence-electron chi connectivity index (χ2n) is 2.79. The van der Waals surface area contributed by atoms with Crippen molar-refractivity contribution in [3.63, 3.8) is 0 Å². The molecule has 0 radical (unpaired) electrons. The van der Waals surface area contributed by atoms with Gasteiger partial charge in [0, 0.05) is 12.6 Å². The van der Waals surface area contributed by atoms with Crippen molar-refractivity contribution in [2.75, 3.05) is 5.73 Å². The Morgan fingerprint density at radius 2 is 2.36 bits per heavy atom. The average Bonchev–Trinajstić information content (AvgIpc) is 2.66. The summed E-state index contributed by atoms with van der Waals surface area (Å²) in [7, 11) is 0. The van der Waals surface area contributed by atoms with Crippen molar-refractivity contribution in [2.24, 2.45) is 0 Å². The van der Waals surface area contributed by atoms with Gasteiger partial charge < -0.3 is 5.73 Å². The number of anilines is 1. The van der Waals surface area contributed by atoms with Crippen molar-refractivity contribution in [3.8, 4) is 5.69 Å². The van der Waals surface area contributed by atoms with E-state index in [9.17, 15) is 0 Å². The molecule has 14 heavy (non-hydrogen) atoms. The highest BCUT2D eigenvalue weighted by molar-refractivity contribution is 5.55. The molecule has 0 aliphatic rings. The van der Waals surface area contributed by atoms with E-state index in [1.165, 1.54) is 0 Å². The fourth-order valence-electron chi connectivity index (χ4n) is 1.21. The Morgan fingerprint density at radius 3 is 3.07 bits per heavy atom. The topological polar surface area (TPSA) is 82.5 Å². The van der Waals surface area contributed by atoms with E-state index in [2.05, 4.69) is 20.5 Å². The van der Waals surface area contributed by atoms with Gasteiger partial charge in [-0.25, -0.2) is 0 Å². The van der Waals surface area contributed by atoms with Gasteiger partial charge in [0.05, 0.1) is 17.6 Å². The van der Waals surface area contributed by atoms with E-state index in [-0.39, 0.29) is 0 Å². The van der Waals surface area contributed by atoms with Crippen LogP contribution in [0.5, 0.6) is 0 Å². The zero-order valence-electron chi connectivity index (χ0n) is 7.75. The van der Waals surface area contributed by atoms with Crippen LogP contribution in [0.2, 0.25) is 0 Å². The first-order valence-corrected chi connectivity index (χ1v) is 4.30. The molecule has 0 atom stereocenters. The molecule has 0 saturated heterocycles. The van der Waals surface area contributed by atoms with E-state index in [1.54, 1.807) is 23.1 Å². The third kappa shape index (κ3) is 1.30. The molecule has 0 spiro atoms. The van der Waals surface area contributed by atoms with Crippen LogP contribution in [0.15, 0.2) is 18.5 Å². The maximum absolute atomic E-state index is 5.76. The number of hydrogen-bond acceptors (Lipinski definition) is 5. The van der Waals surface area contributed by atoms with Gasteiger partial charge in [-0.1, -0.05) is 6.92 Å². The molecular weight excluding hydrogens is 180 g/mol. The molecule has 2 aromatic rings. The van der Waals surface area contributed by atoms with Crippen molar-refractivity contribution < 1.29 is 0 Å². The lowest BCUT2D eigenvalue weighted by Gasteiger charge is -2.04. The molecule has 0 bridgehead atoms. The minimum absolute atomic E-state index is 0.564. The average molecular weight is 190 g/mol. The fraction of sp³-hybridized carbons (Fsp3) is 0.250. The summed E-state index contributed by atoms with van der Waals surface area (Å²) >= 11 is 0. The van der Waals surface area contributed by atoms with Crippen molar-refractivity contribution in [3.05, 3.63) is 24.3 Å². The first-order valence-electron chi connectivity index (χ1n) is 4.30. The maximum Gasteiger partial charge on any atom is 0.156 e. The highest BCUT2D eigenvalue weighted by Gasteiger charge is 2.08. The third-order valence-electron chi connectivity index (χ3n) is 1.91. The van der Waals surface area contributed by atoms with Gasteiger partial charge in [0.1, 0.15) is 0 Å². The Hall–Kier alpha value is -1.98. The summed E-state index contributed by atoms with van der Waals surface area (Å²) in [5.41, 5.74) is 7.09. The predicted octanol–water partition coefficient (Wildman–Crippen LogP) is 0.202. The van der Waals surface area contributed by atoms with E-state index in [0.717, 1.165) is 17.9 Å². The van der Waals surface area contributed by atoms with Crippen LogP contribution >= 0.6 is 0 Å². The molecular formula is C8H10N6. The van der Waals surface area contributed by atoms with E-state index in [1.807, 2.05) is 6.92 Å². The standard InChI is InChI=1S/C8H10N6/c1-2-8-11-12-13-14(8)7-3-4-10-5-6(7)9/h3-5H,2,9H2,1H3. The second kappa shape index (κ2) is 3.41. The molecule has 0 unspecified atom stereocenters. The highest BCUT2D eigenvalue weighted by Crippen LogP contribution is 2.14. The van der Waals surface area contributed by atoms with E-state index in [4.69, 9.17) is 5.73 Å². The first kappa shape index (κ1) is 8.61. The third-order valence-corrected chi connectivity index (χ3v) is 1.91. The van der Waals surface area contributed by atoms with Crippen molar-refractivity contribution in [1.29, 1.82) is 0 Å². The summed E-state index contributed by atoms with van der Waals surface area (Å²) in [6.45, 7) is 1.99. The normalized spacial score (nSPS) is 10.4. The Balaban J connectivity index is 2.54. The Labute approximate surface area is 80.8 Å². The molecule has 2 heterocycles. The fourth-order valence-corrected chi connectivity index (χ4v) is 1.21. The van der Waals surface area contributed by atoms with Crippen LogP contribution in [-0.4, -0.2) is 25.2 Å². The maximum atomic E-state index is 5.76. The molecule has 6 nitrogen and oxygen atoms in total. The second-order valence-corrected chi connectivity index (χ2v) is 2.79. The van der Waals surface area contributed by atoms with E-state index >= 15 is 0 Å². The number of aryl methyl sites for hydroxylation is 1. The number of nitrogen functional groups attached to an aromatic ring is 1. The molecule has 2 aromatic heterocycles. The molecule has 72 valence electrons. The molecule has 2 N–H and O–H groups in total. The number of tetrazole rings is 1. The largest absolute Gasteiger partial charge is 0.396 e. The summed E-state index contributed by atoms with van der Waals surface area (Å²) < 4.78 is 1.62. The number of hydrogen-bond donors (Lipinski definition) is 1. The molecule has 0 aliphatic carbocycles. The predicted molar refractivity (Wildman–Crippen MR) is 50.7 cm³/mol. The summed E-state index contributed by atoms with van der Waals surface area (Å²) in [6.07, 6.45) is 4.00. The van der Waals surface area contributed by atoms with Crippen LogP contribution in [-0.2, 0) is 6.42 Å². The number of rotatable bonds is 2. The van der Waals surface area contributed by atoms with E-state index in [0.29, 0.717) is 5.69 Å². The van der Waals surface area contributed by atoms with Gasteiger partial charge in [0.2, 0.25) is 0 Å². The van der Waals surface area contributed by atoms with Crippen LogP contribution in [0.4, 0.5) is 5.69 Å². The molecule has 0 aromatic carbocycles. The van der Waals surface area contributed by atoms with E-state index < -0.39 is 0 Å². The Morgan fingerprint density at radius 1 is 1.50 bits per heavy atom. The molecule has 0 saturated carbocycles. The summed E-state index contributed by atoms with van der Waals surface area (Å²) in [5.74, 6) is 0.780. The molecule has 0 amide bonds. The molecule has 6 heteroatoms. The quantitative estimate of drug-likeness (QED) is 0.731. The summed E-state index contributed by atoms with van der Waals surface area (Å²) in [6, 6.07) is 1.78. The number of aromatic nitrogens is 5. The van der Waals surface area contributed by atoms with Crippen LogP contribution in [0.1, 0.15) is 12.7 Å². The van der Waals surface area contributed by atoms with Crippen molar-refractivity contribution in [1.82, 2.24) is 25.2 Å². The molecule has 0 aliphatic heterocycles. The highest BCUT2D eigenvalue weighted by atomic mass is 15.5. The zero-order valence-corrected chi connectivity index (χ0v) is 7.75. The number of nitrogens with two attached hydrogens (primary N) is 1. The van der Waals surface area contributed by atoms with Gasteiger partial charge >= 0.3 is 0 Å². The SMILES string of the molecule is CCc1nnnn1-c1ccncc1N. The Bertz CT molecular complexity index is 435. The first-order chi connectivity index (χ1) is 6.83.